The van der Waals surface area contributed by atoms with Crippen LogP contribution in [-0.2, 0) is 11.2 Å². The molecular formula is C18H22N2O2. The van der Waals surface area contributed by atoms with Crippen LogP contribution in [0.4, 0.5) is 5.69 Å². The lowest BCUT2D eigenvalue weighted by molar-refractivity contribution is -0.118. The zero-order valence-electron chi connectivity index (χ0n) is 12.8. The van der Waals surface area contributed by atoms with Crippen molar-refractivity contribution in [2.24, 2.45) is 5.73 Å². The molecule has 22 heavy (non-hydrogen) atoms. The van der Waals surface area contributed by atoms with Crippen LogP contribution in [0.2, 0.25) is 0 Å². The van der Waals surface area contributed by atoms with Crippen LogP contribution < -0.4 is 15.8 Å². The van der Waals surface area contributed by atoms with E-state index in [0.717, 1.165) is 18.5 Å². The molecule has 4 heteroatoms. The molecule has 0 spiro atoms. The van der Waals surface area contributed by atoms with Gasteiger partial charge in [-0.2, -0.15) is 0 Å². The molecule has 0 aliphatic heterocycles. The normalized spacial score (nSPS) is 11.7. The number of anilines is 1. The number of para-hydroxylation sites is 1. The molecule has 116 valence electrons. The molecule has 0 radical (unpaired) electrons. The van der Waals surface area contributed by atoms with Gasteiger partial charge in [-0.15, -0.1) is 0 Å². The number of hydrogen-bond donors (Lipinski definition) is 2. The third kappa shape index (κ3) is 5.58. The van der Waals surface area contributed by atoms with Crippen LogP contribution in [0.15, 0.2) is 54.6 Å². The minimum absolute atomic E-state index is 0.00588. The number of carbonyl (C=O) groups is 1. The lowest BCUT2D eigenvalue weighted by Crippen LogP contribution is -2.20. The fourth-order valence-corrected chi connectivity index (χ4v) is 2.01. The Morgan fingerprint density at radius 2 is 1.82 bits per heavy atom. The Bertz CT molecular complexity index is 580. The number of amides is 1. The number of ether oxygens (including phenoxy) is 1. The lowest BCUT2D eigenvalue weighted by atomic mass is 10.1. The lowest BCUT2D eigenvalue weighted by Gasteiger charge is -2.09. The summed E-state index contributed by atoms with van der Waals surface area (Å²) in [6.45, 7) is 2.00. The average molecular weight is 298 g/mol. The van der Waals surface area contributed by atoms with Crippen LogP contribution in [-0.4, -0.2) is 18.6 Å². The van der Waals surface area contributed by atoms with Crippen LogP contribution in [0.1, 0.15) is 18.9 Å². The maximum atomic E-state index is 11.8. The maximum absolute atomic E-state index is 11.8. The van der Waals surface area contributed by atoms with Crippen molar-refractivity contribution >= 4 is 11.6 Å². The fourth-order valence-electron chi connectivity index (χ4n) is 2.01. The van der Waals surface area contributed by atoms with Crippen molar-refractivity contribution in [3.05, 3.63) is 60.2 Å². The van der Waals surface area contributed by atoms with Gasteiger partial charge in [-0.1, -0.05) is 30.3 Å². The first-order chi connectivity index (χ1) is 10.6. The molecule has 3 N–H and O–H groups in total. The SMILES string of the molecule is CC(N)CCc1ccc(OCC(=O)Nc2ccccc2)cc1. The first kappa shape index (κ1) is 16.0. The summed E-state index contributed by atoms with van der Waals surface area (Å²) in [5.74, 6) is 0.514. The molecule has 0 bridgehead atoms. The second kappa shape index (κ2) is 8.20. The zero-order valence-corrected chi connectivity index (χ0v) is 12.8. The summed E-state index contributed by atoms with van der Waals surface area (Å²) in [5.41, 5.74) is 7.73. The van der Waals surface area contributed by atoms with Crippen molar-refractivity contribution in [2.45, 2.75) is 25.8 Å². The van der Waals surface area contributed by atoms with Gasteiger partial charge in [0, 0.05) is 11.7 Å². The summed E-state index contributed by atoms with van der Waals surface area (Å²) >= 11 is 0. The number of nitrogens with one attached hydrogen (secondary N) is 1. The van der Waals surface area contributed by atoms with Gasteiger partial charge in [0.25, 0.3) is 5.91 Å². The van der Waals surface area contributed by atoms with Crippen LogP contribution >= 0.6 is 0 Å². The van der Waals surface area contributed by atoms with Crippen molar-refractivity contribution in [3.8, 4) is 5.75 Å². The van der Waals surface area contributed by atoms with Crippen LogP contribution in [0.3, 0.4) is 0 Å². The van der Waals surface area contributed by atoms with Gasteiger partial charge in [-0.25, -0.2) is 0 Å². The molecule has 0 fully saturated rings. The van der Waals surface area contributed by atoms with E-state index in [4.69, 9.17) is 10.5 Å². The first-order valence-corrected chi connectivity index (χ1v) is 7.46. The molecule has 0 aliphatic rings. The second-order valence-electron chi connectivity index (χ2n) is 5.36. The highest BCUT2D eigenvalue weighted by Crippen LogP contribution is 2.14. The molecule has 0 saturated carbocycles. The van der Waals surface area contributed by atoms with Gasteiger partial charge in [0.2, 0.25) is 0 Å². The standard InChI is InChI=1S/C18H22N2O2/c1-14(19)7-8-15-9-11-17(12-10-15)22-13-18(21)20-16-5-3-2-4-6-16/h2-6,9-12,14H,7-8,13,19H2,1H3,(H,20,21). The van der Waals surface area contributed by atoms with E-state index in [9.17, 15) is 4.79 Å². The highest BCUT2D eigenvalue weighted by molar-refractivity contribution is 5.91. The third-order valence-electron chi connectivity index (χ3n) is 3.24. The predicted octanol–water partition coefficient (Wildman–Crippen LogP) is 2.98. The van der Waals surface area contributed by atoms with Crippen molar-refractivity contribution < 1.29 is 9.53 Å². The number of nitrogens with two attached hydrogens (primary N) is 1. The van der Waals surface area contributed by atoms with E-state index in [2.05, 4.69) is 5.32 Å². The molecule has 0 saturated heterocycles. The molecule has 0 heterocycles. The predicted molar refractivity (Wildman–Crippen MR) is 89.0 cm³/mol. The van der Waals surface area contributed by atoms with Gasteiger partial charge in [0.15, 0.2) is 6.61 Å². The Morgan fingerprint density at radius 3 is 2.45 bits per heavy atom. The van der Waals surface area contributed by atoms with Crippen molar-refractivity contribution in [1.82, 2.24) is 0 Å². The van der Waals surface area contributed by atoms with E-state index in [1.807, 2.05) is 61.5 Å². The molecule has 2 aromatic rings. The summed E-state index contributed by atoms with van der Waals surface area (Å²) in [6.07, 6.45) is 1.91. The minimum atomic E-state index is -0.174. The van der Waals surface area contributed by atoms with Crippen LogP contribution in [0, 0.1) is 0 Å². The van der Waals surface area contributed by atoms with Crippen molar-refractivity contribution in [1.29, 1.82) is 0 Å². The quantitative estimate of drug-likeness (QED) is 0.826. The Labute approximate surface area is 131 Å². The molecule has 1 atom stereocenters. The Balaban J connectivity index is 1.78. The Morgan fingerprint density at radius 1 is 1.14 bits per heavy atom. The summed E-state index contributed by atoms with van der Waals surface area (Å²) < 4.78 is 5.48. The summed E-state index contributed by atoms with van der Waals surface area (Å²) in [4.78, 5) is 11.8. The van der Waals surface area contributed by atoms with Crippen LogP contribution in [0.5, 0.6) is 5.75 Å². The molecule has 4 nitrogen and oxygen atoms in total. The molecular weight excluding hydrogens is 276 g/mol. The average Bonchev–Trinajstić information content (AvgIpc) is 2.53. The van der Waals surface area contributed by atoms with E-state index in [1.165, 1.54) is 5.56 Å². The third-order valence-corrected chi connectivity index (χ3v) is 3.24. The molecule has 0 aliphatic carbocycles. The van der Waals surface area contributed by atoms with Gasteiger partial charge >= 0.3 is 0 Å². The van der Waals surface area contributed by atoms with Gasteiger partial charge < -0.3 is 15.8 Å². The van der Waals surface area contributed by atoms with Crippen LogP contribution in [0.25, 0.3) is 0 Å². The molecule has 2 aromatic carbocycles. The summed E-state index contributed by atoms with van der Waals surface area (Å²) in [6, 6.07) is 17.3. The maximum Gasteiger partial charge on any atom is 0.262 e. The number of aryl methyl sites for hydroxylation is 1. The number of carbonyl (C=O) groups excluding carboxylic acids is 1. The fraction of sp³-hybridized carbons (Fsp3) is 0.278. The smallest absolute Gasteiger partial charge is 0.262 e. The van der Waals surface area contributed by atoms with Gasteiger partial charge in [0.05, 0.1) is 0 Å². The van der Waals surface area contributed by atoms with E-state index < -0.39 is 0 Å². The summed E-state index contributed by atoms with van der Waals surface area (Å²) in [7, 11) is 0. The number of hydrogen-bond acceptors (Lipinski definition) is 3. The largest absolute Gasteiger partial charge is 0.484 e. The monoisotopic (exact) mass is 298 g/mol. The highest BCUT2D eigenvalue weighted by atomic mass is 16.5. The van der Waals surface area contributed by atoms with E-state index in [0.29, 0.717) is 5.75 Å². The van der Waals surface area contributed by atoms with Gasteiger partial charge in [-0.05, 0) is 49.6 Å². The number of rotatable bonds is 7. The van der Waals surface area contributed by atoms with Crippen molar-refractivity contribution in [2.75, 3.05) is 11.9 Å². The second-order valence-corrected chi connectivity index (χ2v) is 5.36. The van der Waals surface area contributed by atoms with Gasteiger partial charge in [0.1, 0.15) is 5.75 Å². The van der Waals surface area contributed by atoms with E-state index in [1.54, 1.807) is 0 Å². The topological polar surface area (TPSA) is 64.3 Å². The zero-order chi connectivity index (χ0) is 15.8. The molecule has 2 rings (SSSR count). The number of benzene rings is 2. The Hall–Kier alpha value is -2.33. The summed E-state index contributed by atoms with van der Waals surface area (Å²) in [5, 5.41) is 2.78. The minimum Gasteiger partial charge on any atom is -0.484 e. The van der Waals surface area contributed by atoms with Crippen molar-refractivity contribution in [3.63, 3.8) is 0 Å². The molecule has 0 aromatic heterocycles. The molecule has 1 amide bonds. The highest BCUT2D eigenvalue weighted by Gasteiger charge is 2.04. The molecule has 1 unspecified atom stereocenters. The Kier molecular flexibility index (Phi) is 5.98. The first-order valence-electron chi connectivity index (χ1n) is 7.46. The van der Waals surface area contributed by atoms with E-state index >= 15 is 0 Å². The van der Waals surface area contributed by atoms with Gasteiger partial charge in [-0.3, -0.25) is 4.79 Å². The van der Waals surface area contributed by atoms with E-state index in [-0.39, 0.29) is 18.6 Å².